The van der Waals surface area contributed by atoms with Crippen LogP contribution in [0.2, 0.25) is 5.02 Å². The largest absolute Gasteiger partial charge is 0.478 e. The Morgan fingerprint density at radius 3 is 2.55 bits per heavy atom. The van der Waals surface area contributed by atoms with Crippen LogP contribution in [0.15, 0.2) is 18.2 Å². The Labute approximate surface area is 123 Å². The number of hydrogen-bond donors (Lipinski definition) is 3. The summed E-state index contributed by atoms with van der Waals surface area (Å²) < 4.78 is 0. The second kappa shape index (κ2) is 6.61. The van der Waals surface area contributed by atoms with Crippen molar-refractivity contribution in [3.63, 3.8) is 0 Å². The molecule has 1 aromatic carbocycles. The summed E-state index contributed by atoms with van der Waals surface area (Å²) >= 11 is 5.93. The molecule has 6 heteroatoms. The summed E-state index contributed by atoms with van der Waals surface area (Å²) in [5.41, 5.74) is 0.348. The summed E-state index contributed by atoms with van der Waals surface area (Å²) in [5, 5.41) is 14.5. The number of nitrogens with one attached hydrogen (secondary N) is 2. The number of urea groups is 1. The Morgan fingerprint density at radius 2 is 2.00 bits per heavy atom. The first-order chi connectivity index (χ1) is 9.25. The van der Waals surface area contributed by atoms with Crippen LogP contribution >= 0.6 is 11.6 Å². The molecule has 3 N–H and O–H groups in total. The van der Waals surface area contributed by atoms with Gasteiger partial charge in [-0.1, -0.05) is 32.4 Å². The minimum Gasteiger partial charge on any atom is -0.478 e. The van der Waals surface area contributed by atoms with Gasteiger partial charge in [0.25, 0.3) is 0 Å². The fraction of sp³-hybridized carbons (Fsp3) is 0.429. The number of aromatic carboxylic acids is 1. The van der Waals surface area contributed by atoms with Crippen LogP contribution < -0.4 is 10.6 Å². The molecule has 0 fully saturated rings. The molecule has 0 atom stereocenters. The predicted molar refractivity (Wildman–Crippen MR) is 79.5 cm³/mol. The van der Waals surface area contributed by atoms with Gasteiger partial charge in [-0.25, -0.2) is 9.59 Å². The highest BCUT2D eigenvalue weighted by Crippen LogP contribution is 2.23. The van der Waals surface area contributed by atoms with E-state index in [1.807, 2.05) is 20.8 Å². The number of anilines is 1. The standard InChI is InChI=1S/C14H19ClN2O3/c1-4-14(2,3)8-16-13(20)17-11-7-9(12(18)19)5-6-10(11)15/h5-7H,4,8H2,1-3H3,(H,18,19)(H2,16,17,20). The zero-order valence-corrected chi connectivity index (χ0v) is 12.5. The predicted octanol–water partition coefficient (Wildman–Crippen LogP) is 3.60. The van der Waals surface area contributed by atoms with Crippen molar-refractivity contribution >= 4 is 29.3 Å². The molecular formula is C14H19ClN2O3. The summed E-state index contributed by atoms with van der Waals surface area (Å²) in [4.78, 5) is 22.7. The van der Waals surface area contributed by atoms with E-state index in [4.69, 9.17) is 16.7 Å². The first kappa shape index (κ1) is 16.3. The fourth-order valence-electron chi connectivity index (χ4n) is 1.37. The number of amides is 2. The number of benzene rings is 1. The van der Waals surface area contributed by atoms with Gasteiger partial charge in [-0.15, -0.1) is 0 Å². The van der Waals surface area contributed by atoms with Crippen molar-refractivity contribution in [1.29, 1.82) is 0 Å². The van der Waals surface area contributed by atoms with Crippen LogP contribution in [0.5, 0.6) is 0 Å². The van der Waals surface area contributed by atoms with E-state index < -0.39 is 12.0 Å². The molecule has 0 unspecified atom stereocenters. The summed E-state index contributed by atoms with van der Waals surface area (Å²) in [6, 6.07) is 3.75. The van der Waals surface area contributed by atoms with E-state index in [0.717, 1.165) is 6.42 Å². The third kappa shape index (κ3) is 4.74. The lowest BCUT2D eigenvalue weighted by molar-refractivity contribution is 0.0697. The summed E-state index contributed by atoms with van der Waals surface area (Å²) in [7, 11) is 0. The highest BCUT2D eigenvalue weighted by atomic mass is 35.5. The van der Waals surface area contributed by atoms with Gasteiger partial charge in [0.05, 0.1) is 16.3 Å². The third-order valence-corrected chi connectivity index (χ3v) is 3.48. The maximum atomic E-state index is 11.8. The Bertz CT molecular complexity index is 515. The van der Waals surface area contributed by atoms with Gasteiger partial charge in [0, 0.05) is 6.54 Å². The molecule has 0 radical (unpaired) electrons. The molecule has 0 bridgehead atoms. The summed E-state index contributed by atoms with van der Waals surface area (Å²) in [6.07, 6.45) is 0.933. The van der Waals surface area contributed by atoms with Gasteiger partial charge in [0.2, 0.25) is 0 Å². The first-order valence-corrected chi connectivity index (χ1v) is 6.70. The maximum absolute atomic E-state index is 11.8. The number of carboxylic acids is 1. The Kier molecular flexibility index (Phi) is 5.39. The molecule has 0 aliphatic heterocycles. The van der Waals surface area contributed by atoms with Crippen molar-refractivity contribution in [3.8, 4) is 0 Å². The van der Waals surface area contributed by atoms with Gasteiger partial charge in [-0.2, -0.15) is 0 Å². The summed E-state index contributed by atoms with van der Waals surface area (Å²) in [6.45, 7) is 6.66. The Balaban J connectivity index is 2.71. The lowest BCUT2D eigenvalue weighted by Gasteiger charge is -2.23. The van der Waals surface area contributed by atoms with E-state index in [-0.39, 0.29) is 16.7 Å². The molecule has 0 heterocycles. The number of carboxylic acid groups (broad SMARTS) is 1. The van der Waals surface area contributed by atoms with Gasteiger partial charge in [0.15, 0.2) is 0 Å². The van der Waals surface area contributed by atoms with E-state index in [9.17, 15) is 9.59 Å². The van der Waals surface area contributed by atoms with Gasteiger partial charge < -0.3 is 15.7 Å². The first-order valence-electron chi connectivity index (χ1n) is 6.33. The van der Waals surface area contributed by atoms with E-state index in [1.165, 1.54) is 18.2 Å². The fourth-order valence-corrected chi connectivity index (χ4v) is 1.53. The van der Waals surface area contributed by atoms with Crippen LogP contribution in [-0.4, -0.2) is 23.7 Å². The van der Waals surface area contributed by atoms with Crippen molar-refractivity contribution in [1.82, 2.24) is 5.32 Å². The molecule has 0 saturated carbocycles. The van der Waals surface area contributed by atoms with Crippen LogP contribution in [0.25, 0.3) is 0 Å². The minimum absolute atomic E-state index is 0.00402. The molecule has 0 spiro atoms. The van der Waals surface area contributed by atoms with Gasteiger partial charge >= 0.3 is 12.0 Å². The van der Waals surface area contributed by atoms with E-state index in [0.29, 0.717) is 11.6 Å². The highest BCUT2D eigenvalue weighted by molar-refractivity contribution is 6.33. The molecule has 110 valence electrons. The second-order valence-electron chi connectivity index (χ2n) is 5.33. The minimum atomic E-state index is -1.07. The monoisotopic (exact) mass is 298 g/mol. The molecule has 0 aromatic heterocycles. The Morgan fingerprint density at radius 1 is 1.35 bits per heavy atom. The van der Waals surface area contributed by atoms with Gasteiger partial charge in [0.1, 0.15) is 0 Å². The van der Waals surface area contributed by atoms with E-state index >= 15 is 0 Å². The van der Waals surface area contributed by atoms with Crippen LogP contribution in [0.3, 0.4) is 0 Å². The molecule has 0 aliphatic rings. The zero-order chi connectivity index (χ0) is 15.3. The molecule has 2 amide bonds. The average Bonchev–Trinajstić information content (AvgIpc) is 2.39. The zero-order valence-electron chi connectivity index (χ0n) is 11.8. The van der Waals surface area contributed by atoms with Crippen LogP contribution in [0.1, 0.15) is 37.6 Å². The number of carbonyl (C=O) groups is 2. The summed E-state index contributed by atoms with van der Waals surface area (Å²) in [5.74, 6) is -1.07. The lowest BCUT2D eigenvalue weighted by Crippen LogP contribution is -2.36. The topological polar surface area (TPSA) is 78.4 Å². The van der Waals surface area contributed by atoms with Gasteiger partial charge in [-0.3, -0.25) is 0 Å². The smallest absolute Gasteiger partial charge is 0.335 e. The van der Waals surface area contributed by atoms with Crippen molar-refractivity contribution in [2.45, 2.75) is 27.2 Å². The molecule has 1 rings (SSSR count). The highest BCUT2D eigenvalue weighted by Gasteiger charge is 2.16. The molecule has 0 saturated heterocycles. The number of halogens is 1. The normalized spacial score (nSPS) is 11.0. The molecular weight excluding hydrogens is 280 g/mol. The quantitative estimate of drug-likeness (QED) is 0.777. The lowest BCUT2D eigenvalue weighted by atomic mass is 9.90. The van der Waals surface area contributed by atoms with Crippen LogP contribution in [-0.2, 0) is 0 Å². The van der Waals surface area contributed by atoms with Crippen LogP contribution in [0.4, 0.5) is 10.5 Å². The second-order valence-corrected chi connectivity index (χ2v) is 5.73. The van der Waals surface area contributed by atoms with Gasteiger partial charge in [-0.05, 0) is 30.0 Å². The SMILES string of the molecule is CCC(C)(C)CNC(=O)Nc1cc(C(=O)O)ccc1Cl. The van der Waals surface area contributed by atoms with E-state index in [2.05, 4.69) is 10.6 Å². The third-order valence-electron chi connectivity index (χ3n) is 3.15. The average molecular weight is 299 g/mol. The molecule has 1 aromatic rings. The number of rotatable bonds is 5. The Hall–Kier alpha value is -1.75. The maximum Gasteiger partial charge on any atom is 0.335 e. The van der Waals surface area contributed by atoms with Crippen LogP contribution in [0, 0.1) is 5.41 Å². The van der Waals surface area contributed by atoms with Crippen molar-refractivity contribution in [2.24, 2.45) is 5.41 Å². The molecule has 0 aliphatic carbocycles. The van der Waals surface area contributed by atoms with Crippen molar-refractivity contribution in [2.75, 3.05) is 11.9 Å². The van der Waals surface area contributed by atoms with Crippen molar-refractivity contribution < 1.29 is 14.7 Å². The number of hydrogen-bond acceptors (Lipinski definition) is 2. The van der Waals surface area contributed by atoms with E-state index in [1.54, 1.807) is 0 Å². The van der Waals surface area contributed by atoms with Crippen molar-refractivity contribution in [3.05, 3.63) is 28.8 Å². The molecule has 5 nitrogen and oxygen atoms in total. The number of carbonyl (C=O) groups excluding carboxylic acids is 1. The molecule has 20 heavy (non-hydrogen) atoms.